The van der Waals surface area contributed by atoms with E-state index < -0.39 is 0 Å². The molecule has 0 N–H and O–H groups in total. The average molecular weight is 135 g/mol. The Bertz CT molecular complexity index is 35.4. The first-order chi connectivity index (χ1) is 3.91. The average Bonchev–Trinajstić information content (AvgIpc) is 1.81. The Morgan fingerprint density at radius 1 is 1.50 bits per heavy atom. The second-order valence-electron chi connectivity index (χ2n) is 1.14. The highest BCUT2D eigenvalue weighted by Crippen LogP contribution is 1.98. The van der Waals surface area contributed by atoms with E-state index >= 15 is 0 Å². The van der Waals surface area contributed by atoms with Crippen molar-refractivity contribution in [2.45, 2.75) is 0 Å². The van der Waals surface area contributed by atoms with Gasteiger partial charge in [0.15, 0.2) is 0 Å². The van der Waals surface area contributed by atoms with Crippen molar-refractivity contribution in [2.75, 3.05) is 26.1 Å². The maximum atomic E-state index is 4.95. The number of hydrogen-bond acceptors (Lipinski definition) is 3. The van der Waals surface area contributed by atoms with E-state index in [4.69, 9.17) is 8.92 Å². The summed E-state index contributed by atoms with van der Waals surface area (Å²) in [6.07, 6.45) is 0. The Morgan fingerprint density at radius 2 is 2.25 bits per heavy atom. The Morgan fingerprint density at radius 3 is 2.75 bits per heavy atom. The van der Waals surface area contributed by atoms with Gasteiger partial charge in [0, 0.05) is 12.9 Å². The van der Waals surface area contributed by atoms with Crippen molar-refractivity contribution in [3.05, 3.63) is 6.92 Å². The first-order valence-corrected chi connectivity index (χ1v) is 3.35. The highest BCUT2D eigenvalue weighted by molar-refractivity contribution is 7.94. The van der Waals surface area contributed by atoms with Crippen molar-refractivity contribution in [2.24, 2.45) is 0 Å². The molecule has 0 bridgehead atoms. The minimum Gasteiger partial charge on any atom is -0.382 e. The van der Waals surface area contributed by atoms with Gasteiger partial charge in [-0.25, -0.2) is 0 Å². The van der Waals surface area contributed by atoms with Gasteiger partial charge in [-0.2, -0.15) is 0 Å². The number of ether oxygens (including phenoxy) is 1. The predicted molar refractivity (Wildman–Crippen MR) is 35.6 cm³/mol. The monoisotopic (exact) mass is 135 g/mol. The van der Waals surface area contributed by atoms with Crippen LogP contribution >= 0.6 is 12.0 Å². The molecule has 0 aliphatic heterocycles. The molecule has 0 saturated carbocycles. The summed E-state index contributed by atoms with van der Waals surface area (Å²) in [5, 5.41) is 0. The molecule has 0 aliphatic carbocycles. The van der Waals surface area contributed by atoms with Crippen molar-refractivity contribution < 1.29 is 8.92 Å². The third-order valence-electron chi connectivity index (χ3n) is 0.537. The standard InChI is InChI=1S/C5H11O2S/c1-3-8-7-5-4-6-2/h1,3-5H2,2H3. The van der Waals surface area contributed by atoms with Crippen molar-refractivity contribution in [3.8, 4) is 0 Å². The van der Waals surface area contributed by atoms with Gasteiger partial charge in [0.1, 0.15) is 0 Å². The third-order valence-corrected chi connectivity index (χ3v) is 1.04. The van der Waals surface area contributed by atoms with Crippen molar-refractivity contribution in [3.63, 3.8) is 0 Å². The second kappa shape index (κ2) is 7.27. The van der Waals surface area contributed by atoms with Gasteiger partial charge in [0.2, 0.25) is 0 Å². The minimum atomic E-state index is 0.649. The molecule has 0 aromatic heterocycles. The maximum absolute atomic E-state index is 4.95. The van der Waals surface area contributed by atoms with Crippen LogP contribution in [-0.2, 0) is 8.92 Å². The van der Waals surface area contributed by atoms with E-state index in [1.165, 1.54) is 12.0 Å². The summed E-state index contributed by atoms with van der Waals surface area (Å²) >= 11 is 1.36. The lowest BCUT2D eigenvalue weighted by Crippen LogP contribution is -1.96. The Hall–Kier alpha value is 0.270. The zero-order chi connectivity index (χ0) is 6.24. The van der Waals surface area contributed by atoms with Gasteiger partial charge in [-0.1, -0.05) is 0 Å². The van der Waals surface area contributed by atoms with Gasteiger partial charge < -0.3 is 8.92 Å². The largest absolute Gasteiger partial charge is 0.382 e. The van der Waals surface area contributed by atoms with E-state index in [1.807, 2.05) is 0 Å². The van der Waals surface area contributed by atoms with Crippen LogP contribution in [-0.4, -0.2) is 26.1 Å². The first-order valence-electron chi connectivity index (χ1n) is 2.44. The summed E-state index contributed by atoms with van der Waals surface area (Å²) in [7, 11) is 1.65. The van der Waals surface area contributed by atoms with Crippen molar-refractivity contribution in [1.82, 2.24) is 0 Å². The van der Waals surface area contributed by atoms with Crippen LogP contribution in [0.15, 0.2) is 0 Å². The third kappa shape index (κ3) is 6.27. The molecule has 8 heavy (non-hydrogen) atoms. The quantitative estimate of drug-likeness (QED) is 0.416. The van der Waals surface area contributed by atoms with Crippen molar-refractivity contribution >= 4 is 12.0 Å². The summed E-state index contributed by atoms with van der Waals surface area (Å²) in [6, 6.07) is 0. The number of rotatable bonds is 5. The fourth-order valence-corrected chi connectivity index (χ4v) is 0.539. The van der Waals surface area contributed by atoms with E-state index in [9.17, 15) is 0 Å². The summed E-state index contributed by atoms with van der Waals surface area (Å²) in [5.41, 5.74) is 0. The molecule has 0 atom stereocenters. The number of hydrogen-bond donors (Lipinski definition) is 0. The molecule has 1 radical (unpaired) electrons. The summed E-state index contributed by atoms with van der Waals surface area (Å²) in [4.78, 5) is 0. The predicted octanol–water partition coefficient (Wildman–Crippen LogP) is 1.13. The zero-order valence-corrected chi connectivity index (χ0v) is 5.87. The van der Waals surface area contributed by atoms with Gasteiger partial charge >= 0.3 is 0 Å². The van der Waals surface area contributed by atoms with Crippen LogP contribution in [0.1, 0.15) is 0 Å². The smallest absolute Gasteiger partial charge is 0.0847 e. The molecule has 0 spiro atoms. The molecule has 3 heteroatoms. The SMILES string of the molecule is [CH2]CSOCCOC. The van der Waals surface area contributed by atoms with E-state index in [-0.39, 0.29) is 0 Å². The van der Waals surface area contributed by atoms with E-state index in [1.54, 1.807) is 7.11 Å². The molecular formula is C5H11O2S. The Labute approximate surface area is 54.8 Å². The van der Waals surface area contributed by atoms with Crippen LogP contribution in [0, 0.1) is 6.92 Å². The summed E-state index contributed by atoms with van der Waals surface area (Å²) in [6.45, 7) is 4.89. The topological polar surface area (TPSA) is 18.5 Å². The highest BCUT2D eigenvalue weighted by Gasteiger charge is 1.82. The van der Waals surface area contributed by atoms with Gasteiger partial charge in [0.25, 0.3) is 0 Å². The van der Waals surface area contributed by atoms with Crippen LogP contribution in [0.25, 0.3) is 0 Å². The van der Waals surface area contributed by atoms with Crippen LogP contribution in [0.4, 0.5) is 0 Å². The van der Waals surface area contributed by atoms with Crippen LogP contribution in [0.2, 0.25) is 0 Å². The Kier molecular flexibility index (Phi) is 7.52. The van der Waals surface area contributed by atoms with E-state index in [0.717, 1.165) is 5.75 Å². The molecule has 0 fully saturated rings. The molecule has 49 valence electrons. The normalized spacial score (nSPS) is 9.75. The fourth-order valence-electron chi connectivity index (χ4n) is 0.235. The fraction of sp³-hybridized carbons (Fsp3) is 0.800. The van der Waals surface area contributed by atoms with Crippen LogP contribution in [0.5, 0.6) is 0 Å². The maximum Gasteiger partial charge on any atom is 0.0847 e. The Balaban J connectivity index is 2.53. The second-order valence-corrected chi connectivity index (χ2v) is 2.02. The summed E-state index contributed by atoms with van der Waals surface area (Å²) < 4.78 is 9.68. The molecule has 0 amide bonds. The lowest BCUT2D eigenvalue weighted by atomic mass is 10.8. The molecule has 0 unspecified atom stereocenters. The highest BCUT2D eigenvalue weighted by atomic mass is 32.2. The van der Waals surface area contributed by atoms with E-state index in [0.29, 0.717) is 13.2 Å². The lowest BCUT2D eigenvalue weighted by molar-refractivity contribution is 0.157. The van der Waals surface area contributed by atoms with Gasteiger partial charge in [-0.15, -0.1) is 0 Å². The van der Waals surface area contributed by atoms with Gasteiger partial charge in [-0.3, -0.25) is 0 Å². The van der Waals surface area contributed by atoms with Crippen LogP contribution in [0.3, 0.4) is 0 Å². The molecule has 0 heterocycles. The molecule has 0 aromatic carbocycles. The van der Waals surface area contributed by atoms with Gasteiger partial charge in [0.05, 0.1) is 13.2 Å². The van der Waals surface area contributed by atoms with Crippen LogP contribution < -0.4 is 0 Å². The molecule has 0 aromatic rings. The zero-order valence-electron chi connectivity index (χ0n) is 5.05. The molecule has 2 nitrogen and oxygen atoms in total. The molecular weight excluding hydrogens is 124 g/mol. The molecule has 0 aliphatic rings. The first kappa shape index (κ1) is 8.27. The molecule has 0 saturated heterocycles. The number of methoxy groups -OCH3 is 1. The lowest BCUT2D eigenvalue weighted by Gasteiger charge is -1.96. The molecule has 0 rings (SSSR count). The van der Waals surface area contributed by atoms with Gasteiger partial charge in [-0.05, 0) is 19.0 Å². The van der Waals surface area contributed by atoms with E-state index in [2.05, 4.69) is 6.92 Å². The summed E-state index contributed by atoms with van der Waals surface area (Å²) in [5.74, 6) is 0.754. The van der Waals surface area contributed by atoms with Crippen molar-refractivity contribution in [1.29, 1.82) is 0 Å². The minimum absolute atomic E-state index is 0.649.